The fourth-order valence-electron chi connectivity index (χ4n) is 2.35. The Hall–Kier alpha value is -1.98. The molecule has 2 N–H and O–H groups in total. The molecule has 0 saturated carbocycles. The Balaban J connectivity index is 2.01. The summed E-state index contributed by atoms with van der Waals surface area (Å²) in [6.45, 7) is 0.546. The van der Waals surface area contributed by atoms with E-state index in [1.165, 1.54) is 0 Å². The van der Waals surface area contributed by atoms with E-state index in [1.54, 1.807) is 12.3 Å². The molecule has 2 aromatic rings. The quantitative estimate of drug-likeness (QED) is 0.859. The van der Waals surface area contributed by atoms with Gasteiger partial charge in [-0.05, 0) is 12.1 Å². The van der Waals surface area contributed by atoms with Crippen molar-refractivity contribution in [3.05, 3.63) is 24.4 Å². The van der Waals surface area contributed by atoms with E-state index in [0.717, 1.165) is 5.39 Å². The van der Waals surface area contributed by atoms with Gasteiger partial charge in [-0.3, -0.25) is 4.98 Å². The highest BCUT2D eigenvalue weighted by atomic mass is 19.3. The first-order chi connectivity index (χ1) is 9.05. The number of fused-ring (bicyclic) bond motifs is 1. The third-order valence-electron chi connectivity index (χ3n) is 3.38. The third-order valence-corrected chi connectivity index (χ3v) is 3.38. The monoisotopic (exact) mass is 264 g/mol. The van der Waals surface area contributed by atoms with Gasteiger partial charge in [0.15, 0.2) is 5.82 Å². The number of aromatic nitrogens is 2. The first-order valence-electron chi connectivity index (χ1n) is 6.19. The molecule has 0 spiro atoms. The van der Waals surface area contributed by atoms with Gasteiger partial charge in [-0.1, -0.05) is 6.07 Å². The molecule has 1 fully saturated rings. The summed E-state index contributed by atoms with van der Waals surface area (Å²) in [4.78, 5) is 10.4. The van der Waals surface area contributed by atoms with Crippen molar-refractivity contribution >= 4 is 22.5 Å². The fourth-order valence-corrected chi connectivity index (χ4v) is 2.35. The number of nitrogens with zero attached hydrogens (tertiary/aromatic N) is 3. The van der Waals surface area contributed by atoms with E-state index in [4.69, 9.17) is 5.73 Å². The standard InChI is InChI=1S/C13H14F2N4/c14-13(15)3-6-19(7-4-13)12-11-9(2-1-5-17-11)8-10(16)18-12/h1-2,5,8H,3-4,6-7H2,(H2,16,18). The van der Waals surface area contributed by atoms with Crippen LogP contribution in [0.1, 0.15) is 12.8 Å². The number of halogens is 2. The number of alkyl halides is 2. The molecule has 6 heteroatoms. The average Bonchev–Trinajstić information content (AvgIpc) is 2.38. The number of hydrogen-bond acceptors (Lipinski definition) is 4. The lowest BCUT2D eigenvalue weighted by Crippen LogP contribution is -2.40. The molecule has 19 heavy (non-hydrogen) atoms. The summed E-state index contributed by atoms with van der Waals surface area (Å²) in [6.07, 6.45) is 1.36. The highest BCUT2D eigenvalue weighted by Gasteiger charge is 2.34. The zero-order valence-corrected chi connectivity index (χ0v) is 10.3. The van der Waals surface area contributed by atoms with Gasteiger partial charge < -0.3 is 10.6 Å². The number of anilines is 2. The van der Waals surface area contributed by atoms with Crippen LogP contribution in [0.2, 0.25) is 0 Å². The molecule has 0 aromatic carbocycles. The SMILES string of the molecule is Nc1cc2cccnc2c(N2CCC(F)(F)CC2)n1. The molecule has 1 saturated heterocycles. The Morgan fingerprint density at radius 2 is 2.00 bits per heavy atom. The molecule has 1 aliphatic rings. The van der Waals surface area contributed by atoms with E-state index < -0.39 is 5.92 Å². The van der Waals surface area contributed by atoms with Gasteiger partial charge in [-0.25, -0.2) is 13.8 Å². The number of piperidine rings is 1. The summed E-state index contributed by atoms with van der Waals surface area (Å²) in [5.41, 5.74) is 6.48. The van der Waals surface area contributed by atoms with Crippen LogP contribution in [0.5, 0.6) is 0 Å². The Morgan fingerprint density at radius 1 is 1.26 bits per heavy atom. The second-order valence-electron chi connectivity index (χ2n) is 4.79. The first-order valence-corrected chi connectivity index (χ1v) is 6.19. The van der Waals surface area contributed by atoms with E-state index in [2.05, 4.69) is 9.97 Å². The van der Waals surface area contributed by atoms with Crippen molar-refractivity contribution in [2.45, 2.75) is 18.8 Å². The van der Waals surface area contributed by atoms with Gasteiger partial charge in [0.2, 0.25) is 0 Å². The molecule has 3 rings (SSSR count). The summed E-state index contributed by atoms with van der Waals surface area (Å²) in [5.74, 6) is -1.58. The summed E-state index contributed by atoms with van der Waals surface area (Å²) in [5, 5.41) is 0.877. The third kappa shape index (κ3) is 2.30. The van der Waals surface area contributed by atoms with Crippen molar-refractivity contribution in [1.82, 2.24) is 9.97 Å². The van der Waals surface area contributed by atoms with Gasteiger partial charge in [0.1, 0.15) is 11.3 Å². The van der Waals surface area contributed by atoms with Crippen LogP contribution in [0.3, 0.4) is 0 Å². The minimum atomic E-state index is -2.57. The Labute approximate surface area is 109 Å². The van der Waals surface area contributed by atoms with Crippen LogP contribution >= 0.6 is 0 Å². The Morgan fingerprint density at radius 3 is 2.74 bits per heavy atom. The largest absolute Gasteiger partial charge is 0.384 e. The van der Waals surface area contributed by atoms with Crippen LogP contribution in [-0.2, 0) is 0 Å². The molecule has 0 amide bonds. The van der Waals surface area contributed by atoms with Crippen molar-refractivity contribution in [3.8, 4) is 0 Å². The summed E-state index contributed by atoms with van der Waals surface area (Å²) < 4.78 is 26.4. The van der Waals surface area contributed by atoms with Crippen molar-refractivity contribution in [3.63, 3.8) is 0 Å². The van der Waals surface area contributed by atoms with Crippen LogP contribution in [0.4, 0.5) is 20.4 Å². The van der Waals surface area contributed by atoms with Gasteiger partial charge >= 0.3 is 0 Å². The maximum absolute atomic E-state index is 13.2. The average molecular weight is 264 g/mol. The van der Waals surface area contributed by atoms with Crippen molar-refractivity contribution < 1.29 is 8.78 Å². The lowest BCUT2D eigenvalue weighted by molar-refractivity contribution is -0.0221. The van der Waals surface area contributed by atoms with Gasteiger partial charge in [0.05, 0.1) is 0 Å². The molecule has 0 aliphatic carbocycles. The molecule has 4 nitrogen and oxygen atoms in total. The van der Waals surface area contributed by atoms with E-state index in [-0.39, 0.29) is 25.9 Å². The molecule has 0 atom stereocenters. The fraction of sp³-hybridized carbons (Fsp3) is 0.385. The van der Waals surface area contributed by atoms with Crippen LogP contribution in [0, 0.1) is 0 Å². The van der Waals surface area contributed by atoms with Crippen molar-refractivity contribution in [1.29, 1.82) is 0 Å². The molecule has 3 heterocycles. The topological polar surface area (TPSA) is 55.0 Å². The Bertz CT molecular complexity index is 605. The second kappa shape index (κ2) is 4.29. The summed E-state index contributed by atoms with van der Waals surface area (Å²) in [6, 6.07) is 5.45. The summed E-state index contributed by atoms with van der Waals surface area (Å²) >= 11 is 0. The maximum Gasteiger partial charge on any atom is 0.251 e. The number of nitrogens with two attached hydrogens (primary N) is 1. The highest BCUT2D eigenvalue weighted by molar-refractivity contribution is 5.90. The number of hydrogen-bond donors (Lipinski definition) is 1. The van der Waals surface area contributed by atoms with Gasteiger partial charge in [-0.2, -0.15) is 0 Å². The van der Waals surface area contributed by atoms with Gasteiger partial charge in [0, 0.05) is 37.5 Å². The minimum absolute atomic E-state index is 0.155. The zero-order valence-electron chi connectivity index (χ0n) is 10.3. The van der Waals surface area contributed by atoms with Crippen LogP contribution in [0.15, 0.2) is 24.4 Å². The number of rotatable bonds is 1. The maximum atomic E-state index is 13.2. The second-order valence-corrected chi connectivity index (χ2v) is 4.79. The van der Waals surface area contributed by atoms with E-state index in [9.17, 15) is 8.78 Å². The highest BCUT2D eigenvalue weighted by Crippen LogP contribution is 2.32. The molecule has 0 radical (unpaired) electrons. The molecule has 100 valence electrons. The zero-order chi connectivity index (χ0) is 13.5. The predicted octanol–water partition coefficient (Wildman–Crippen LogP) is 2.45. The minimum Gasteiger partial charge on any atom is -0.384 e. The molecular weight excluding hydrogens is 250 g/mol. The van der Waals surface area contributed by atoms with E-state index in [0.29, 0.717) is 17.2 Å². The summed E-state index contributed by atoms with van der Waals surface area (Å²) in [7, 11) is 0. The van der Waals surface area contributed by atoms with Crippen molar-refractivity contribution in [2.75, 3.05) is 23.7 Å². The molecule has 0 bridgehead atoms. The predicted molar refractivity (Wildman–Crippen MR) is 70.3 cm³/mol. The van der Waals surface area contributed by atoms with Crippen LogP contribution in [0.25, 0.3) is 10.9 Å². The number of pyridine rings is 2. The normalized spacial score (nSPS) is 18.7. The lowest BCUT2D eigenvalue weighted by Gasteiger charge is -2.32. The smallest absolute Gasteiger partial charge is 0.251 e. The molecular formula is C13H14F2N4. The molecule has 2 aromatic heterocycles. The molecule has 1 aliphatic heterocycles. The lowest BCUT2D eigenvalue weighted by atomic mass is 10.1. The van der Waals surface area contributed by atoms with Gasteiger partial charge in [-0.15, -0.1) is 0 Å². The van der Waals surface area contributed by atoms with Crippen LogP contribution in [-0.4, -0.2) is 29.0 Å². The first kappa shape index (κ1) is 12.1. The number of nitrogen functional groups attached to an aromatic ring is 1. The Kier molecular flexibility index (Phi) is 2.73. The van der Waals surface area contributed by atoms with E-state index >= 15 is 0 Å². The van der Waals surface area contributed by atoms with Crippen LogP contribution < -0.4 is 10.6 Å². The van der Waals surface area contributed by atoms with E-state index in [1.807, 2.05) is 17.0 Å². The van der Waals surface area contributed by atoms with Crippen molar-refractivity contribution in [2.24, 2.45) is 0 Å². The molecule has 0 unspecified atom stereocenters. The van der Waals surface area contributed by atoms with Gasteiger partial charge in [0.25, 0.3) is 5.92 Å².